The van der Waals surface area contributed by atoms with Crippen molar-refractivity contribution in [3.8, 4) is 0 Å². The molecular weight excluding hydrogens is 334 g/mol. The highest BCUT2D eigenvalue weighted by molar-refractivity contribution is 7.80. The molecule has 0 fully saturated rings. The molecule has 0 saturated heterocycles. The van der Waals surface area contributed by atoms with Crippen molar-refractivity contribution in [1.82, 2.24) is 0 Å². The average molecular weight is 359 g/mol. The Balaban J connectivity index is 0.000000754. The molecule has 0 aliphatic heterocycles. The van der Waals surface area contributed by atoms with E-state index in [0.717, 1.165) is 18.2 Å². The van der Waals surface area contributed by atoms with Gasteiger partial charge in [0, 0.05) is 17.5 Å². The van der Waals surface area contributed by atoms with Crippen LogP contribution in [0.5, 0.6) is 0 Å². The van der Waals surface area contributed by atoms with E-state index in [1.165, 1.54) is 0 Å². The molecule has 0 saturated carbocycles. The Labute approximate surface area is 143 Å². The lowest BCUT2D eigenvalue weighted by Crippen LogP contribution is -2.30. The van der Waals surface area contributed by atoms with Crippen LogP contribution in [0.2, 0.25) is 0 Å². The molecular formula is C16H25NO6S. The monoisotopic (exact) mass is 359 g/mol. The fourth-order valence-corrected chi connectivity index (χ4v) is 1.74. The van der Waals surface area contributed by atoms with E-state index in [2.05, 4.69) is 10.8 Å². The van der Waals surface area contributed by atoms with E-state index in [-0.39, 0.29) is 5.97 Å². The Bertz CT molecular complexity index is 661. The SMILES string of the molecule is C=C(C)C(=O)OCCc1ccccc1C(C)(C)N.COS(=O)(=O)O. The van der Waals surface area contributed by atoms with Gasteiger partial charge in [-0.15, -0.1) is 0 Å². The summed E-state index contributed by atoms with van der Waals surface area (Å²) in [6.45, 7) is 9.46. The average Bonchev–Trinajstić information content (AvgIpc) is 2.46. The van der Waals surface area contributed by atoms with Crippen LogP contribution in [-0.2, 0) is 36.1 Å². The van der Waals surface area contributed by atoms with Crippen LogP contribution in [0.15, 0.2) is 36.4 Å². The molecule has 0 unspecified atom stereocenters. The maximum Gasteiger partial charge on any atom is 0.397 e. The first-order valence-corrected chi connectivity index (χ1v) is 8.48. The van der Waals surface area contributed by atoms with Gasteiger partial charge in [-0.1, -0.05) is 30.8 Å². The summed E-state index contributed by atoms with van der Waals surface area (Å²) in [5.74, 6) is -0.348. The molecule has 0 aliphatic carbocycles. The minimum Gasteiger partial charge on any atom is -0.462 e. The van der Waals surface area contributed by atoms with Crippen molar-refractivity contribution in [2.24, 2.45) is 5.73 Å². The molecule has 0 bridgehead atoms. The number of hydrogen-bond acceptors (Lipinski definition) is 6. The van der Waals surface area contributed by atoms with Gasteiger partial charge < -0.3 is 10.5 Å². The van der Waals surface area contributed by atoms with Crippen LogP contribution >= 0.6 is 0 Å². The zero-order valence-corrected chi connectivity index (χ0v) is 15.2. The molecule has 0 aromatic heterocycles. The van der Waals surface area contributed by atoms with Crippen molar-refractivity contribution in [3.63, 3.8) is 0 Å². The van der Waals surface area contributed by atoms with Crippen molar-refractivity contribution >= 4 is 16.4 Å². The van der Waals surface area contributed by atoms with E-state index in [0.29, 0.717) is 18.6 Å². The van der Waals surface area contributed by atoms with Crippen LogP contribution in [0.3, 0.4) is 0 Å². The molecule has 0 amide bonds. The molecule has 24 heavy (non-hydrogen) atoms. The minimum absolute atomic E-state index is 0.346. The molecule has 136 valence electrons. The van der Waals surface area contributed by atoms with Gasteiger partial charge in [-0.3, -0.25) is 8.74 Å². The Morgan fingerprint density at radius 3 is 2.25 bits per heavy atom. The summed E-state index contributed by atoms with van der Waals surface area (Å²) in [5.41, 5.74) is 8.33. The number of benzene rings is 1. The fourth-order valence-electron chi connectivity index (χ4n) is 1.74. The summed E-state index contributed by atoms with van der Waals surface area (Å²) in [6, 6.07) is 7.95. The normalized spacial score (nSPS) is 11.2. The molecule has 1 aromatic carbocycles. The van der Waals surface area contributed by atoms with Crippen LogP contribution < -0.4 is 5.73 Å². The van der Waals surface area contributed by atoms with Gasteiger partial charge in [-0.05, 0) is 31.9 Å². The smallest absolute Gasteiger partial charge is 0.397 e. The molecule has 8 heteroatoms. The summed E-state index contributed by atoms with van der Waals surface area (Å²) in [6.07, 6.45) is 0.663. The molecule has 0 atom stereocenters. The van der Waals surface area contributed by atoms with Gasteiger partial charge in [0.1, 0.15) is 0 Å². The Morgan fingerprint density at radius 1 is 1.33 bits per heavy atom. The second-order valence-electron chi connectivity index (χ2n) is 5.64. The van der Waals surface area contributed by atoms with Crippen molar-refractivity contribution in [2.75, 3.05) is 13.7 Å². The first kappa shape index (κ1) is 22.3. The topological polar surface area (TPSA) is 116 Å². The van der Waals surface area contributed by atoms with E-state index in [9.17, 15) is 13.2 Å². The standard InChI is InChI=1S/C15H21NO2.CH4O4S/c1-11(2)14(17)18-10-9-12-7-5-6-8-13(12)15(3,4)16;1-5-6(2,3)4/h5-8H,1,9-10,16H2,2-4H3;1H3,(H,2,3,4). The number of rotatable bonds is 6. The van der Waals surface area contributed by atoms with Crippen LogP contribution in [0.1, 0.15) is 31.9 Å². The number of carbonyl (C=O) groups is 1. The van der Waals surface area contributed by atoms with Gasteiger partial charge >= 0.3 is 16.4 Å². The zero-order valence-electron chi connectivity index (χ0n) is 14.4. The number of carbonyl (C=O) groups excluding carboxylic acids is 1. The maximum absolute atomic E-state index is 11.3. The molecule has 0 heterocycles. The van der Waals surface area contributed by atoms with Crippen molar-refractivity contribution in [2.45, 2.75) is 32.7 Å². The molecule has 1 aromatic rings. The molecule has 0 aliphatic rings. The summed E-state index contributed by atoms with van der Waals surface area (Å²) < 4.78 is 34.8. The van der Waals surface area contributed by atoms with Crippen molar-refractivity contribution < 1.29 is 26.7 Å². The summed E-state index contributed by atoms with van der Waals surface area (Å²) in [5, 5.41) is 0. The van der Waals surface area contributed by atoms with Crippen LogP contribution in [0.25, 0.3) is 0 Å². The van der Waals surface area contributed by atoms with E-state index in [1.807, 2.05) is 38.1 Å². The lowest BCUT2D eigenvalue weighted by molar-refractivity contribution is -0.138. The maximum atomic E-state index is 11.3. The Hall–Kier alpha value is -1.74. The lowest BCUT2D eigenvalue weighted by atomic mass is 9.90. The first-order valence-electron chi connectivity index (χ1n) is 7.11. The van der Waals surface area contributed by atoms with Crippen LogP contribution in [-0.4, -0.2) is 32.7 Å². The van der Waals surface area contributed by atoms with E-state index in [4.69, 9.17) is 15.0 Å². The number of esters is 1. The van der Waals surface area contributed by atoms with Gasteiger partial charge in [-0.25, -0.2) is 4.79 Å². The largest absolute Gasteiger partial charge is 0.462 e. The fraction of sp³-hybridized carbons (Fsp3) is 0.438. The van der Waals surface area contributed by atoms with Crippen molar-refractivity contribution in [1.29, 1.82) is 0 Å². The van der Waals surface area contributed by atoms with Gasteiger partial charge in [0.2, 0.25) is 0 Å². The highest BCUT2D eigenvalue weighted by atomic mass is 32.3. The third kappa shape index (κ3) is 9.41. The van der Waals surface area contributed by atoms with E-state index in [1.54, 1.807) is 6.92 Å². The van der Waals surface area contributed by atoms with Crippen molar-refractivity contribution in [3.05, 3.63) is 47.5 Å². The number of hydrogen-bond donors (Lipinski definition) is 2. The predicted octanol–water partition coefficient (Wildman–Crippen LogP) is 1.98. The number of nitrogens with two attached hydrogens (primary N) is 1. The third-order valence-corrected chi connectivity index (χ3v) is 3.30. The molecule has 0 radical (unpaired) electrons. The highest BCUT2D eigenvalue weighted by Crippen LogP contribution is 2.21. The quantitative estimate of drug-likeness (QED) is 0.453. The minimum atomic E-state index is -4.16. The van der Waals surface area contributed by atoms with Gasteiger partial charge in [-0.2, -0.15) is 8.42 Å². The number of ether oxygens (including phenoxy) is 1. The lowest BCUT2D eigenvalue weighted by Gasteiger charge is -2.22. The highest BCUT2D eigenvalue weighted by Gasteiger charge is 2.17. The van der Waals surface area contributed by atoms with Crippen LogP contribution in [0, 0.1) is 0 Å². The summed E-state index contributed by atoms with van der Waals surface area (Å²) >= 11 is 0. The van der Waals surface area contributed by atoms with E-state index < -0.39 is 15.9 Å². The first-order chi connectivity index (χ1) is 10.9. The van der Waals surface area contributed by atoms with Gasteiger partial charge in [0.05, 0.1) is 13.7 Å². The summed E-state index contributed by atoms with van der Waals surface area (Å²) in [4.78, 5) is 11.3. The Kier molecular flexibility index (Phi) is 8.84. The third-order valence-electron chi connectivity index (χ3n) is 2.88. The van der Waals surface area contributed by atoms with Gasteiger partial charge in [0.25, 0.3) is 0 Å². The molecule has 1 rings (SSSR count). The van der Waals surface area contributed by atoms with Gasteiger partial charge in [0.15, 0.2) is 0 Å². The summed E-state index contributed by atoms with van der Waals surface area (Å²) in [7, 11) is -3.29. The Morgan fingerprint density at radius 2 is 1.83 bits per heavy atom. The zero-order chi connectivity index (χ0) is 19.0. The predicted molar refractivity (Wildman–Crippen MR) is 91.7 cm³/mol. The van der Waals surface area contributed by atoms with Crippen LogP contribution in [0.4, 0.5) is 0 Å². The molecule has 7 nitrogen and oxygen atoms in total. The molecule has 0 spiro atoms. The second-order valence-corrected chi connectivity index (χ2v) is 6.83. The van der Waals surface area contributed by atoms with E-state index >= 15 is 0 Å². The molecule has 3 N–H and O–H groups in total. The second kappa shape index (κ2) is 9.53.